The zero-order valence-corrected chi connectivity index (χ0v) is 12.8. The number of halogens is 3. The molecule has 128 valence electrons. The molecule has 0 saturated carbocycles. The Morgan fingerprint density at radius 3 is 2.48 bits per heavy atom. The van der Waals surface area contributed by atoms with Crippen molar-refractivity contribution in [2.24, 2.45) is 0 Å². The number of hydrogen-bond donors (Lipinski definition) is 1. The smallest absolute Gasteiger partial charge is 0.304 e. The number of carbonyl (C=O) groups excluding carboxylic acids is 1. The van der Waals surface area contributed by atoms with Crippen LogP contribution in [0.1, 0.15) is 21.9 Å². The molecule has 2 heterocycles. The van der Waals surface area contributed by atoms with E-state index in [0.29, 0.717) is 5.82 Å². The SMILES string of the molecule is Cc1cccc(NC(=O)c2nnn(-c3ccc(C(F)(F)F)cc3)n2)n1. The van der Waals surface area contributed by atoms with E-state index in [1.165, 1.54) is 12.1 Å². The molecule has 3 aromatic rings. The van der Waals surface area contributed by atoms with Crippen molar-refractivity contribution in [2.75, 3.05) is 5.32 Å². The lowest BCUT2D eigenvalue weighted by Crippen LogP contribution is -2.15. The van der Waals surface area contributed by atoms with Gasteiger partial charge in [-0.1, -0.05) is 6.07 Å². The van der Waals surface area contributed by atoms with Crippen LogP contribution in [0.3, 0.4) is 0 Å². The van der Waals surface area contributed by atoms with E-state index in [4.69, 9.17) is 0 Å². The molecule has 0 aliphatic carbocycles. The normalized spacial score (nSPS) is 11.4. The standard InChI is InChI=1S/C15H11F3N6O/c1-9-3-2-4-12(19-9)20-14(25)13-21-23-24(22-13)11-7-5-10(6-8-11)15(16,17)18/h2-8H,1H3,(H,19,20,25). The molecule has 0 aliphatic rings. The fraction of sp³-hybridized carbons (Fsp3) is 0.133. The van der Waals surface area contributed by atoms with E-state index in [1.807, 2.05) is 0 Å². The summed E-state index contributed by atoms with van der Waals surface area (Å²) in [5.74, 6) is -0.532. The van der Waals surface area contributed by atoms with Crippen LogP contribution in [0.15, 0.2) is 42.5 Å². The highest BCUT2D eigenvalue weighted by molar-refractivity contribution is 6.00. The number of aryl methyl sites for hydroxylation is 1. The summed E-state index contributed by atoms with van der Waals surface area (Å²) in [6, 6.07) is 9.28. The maximum absolute atomic E-state index is 12.6. The summed E-state index contributed by atoms with van der Waals surface area (Å²) in [5.41, 5.74) is 0.173. The first-order valence-corrected chi connectivity index (χ1v) is 7.05. The molecule has 3 rings (SSSR count). The summed E-state index contributed by atoms with van der Waals surface area (Å²) in [7, 11) is 0. The van der Waals surface area contributed by atoms with Crippen LogP contribution in [-0.2, 0) is 6.18 Å². The largest absolute Gasteiger partial charge is 0.416 e. The molecule has 0 aliphatic heterocycles. The molecule has 0 spiro atoms. The molecular formula is C15H11F3N6O. The molecule has 0 saturated heterocycles. The molecule has 10 heteroatoms. The van der Waals surface area contributed by atoms with Crippen LogP contribution in [0.2, 0.25) is 0 Å². The predicted molar refractivity (Wildman–Crippen MR) is 81.1 cm³/mol. The number of amides is 1. The van der Waals surface area contributed by atoms with Crippen LogP contribution in [0, 0.1) is 6.92 Å². The van der Waals surface area contributed by atoms with E-state index < -0.39 is 17.6 Å². The van der Waals surface area contributed by atoms with E-state index in [1.54, 1.807) is 25.1 Å². The third kappa shape index (κ3) is 3.79. The predicted octanol–water partition coefficient (Wildman–Crippen LogP) is 2.64. The molecule has 1 N–H and O–H groups in total. The van der Waals surface area contributed by atoms with Gasteiger partial charge in [-0.3, -0.25) is 4.79 Å². The van der Waals surface area contributed by atoms with Gasteiger partial charge in [0, 0.05) is 5.69 Å². The lowest BCUT2D eigenvalue weighted by Gasteiger charge is -2.06. The summed E-state index contributed by atoms with van der Waals surface area (Å²) < 4.78 is 37.7. The molecule has 0 unspecified atom stereocenters. The topological polar surface area (TPSA) is 85.6 Å². The van der Waals surface area contributed by atoms with E-state index in [0.717, 1.165) is 22.6 Å². The maximum atomic E-state index is 12.6. The van der Waals surface area contributed by atoms with Crippen LogP contribution < -0.4 is 5.32 Å². The molecule has 1 amide bonds. The number of aromatic nitrogens is 5. The van der Waals surface area contributed by atoms with Crippen molar-refractivity contribution in [3.8, 4) is 5.69 Å². The Labute approximate surface area is 139 Å². The second-order valence-corrected chi connectivity index (χ2v) is 5.07. The van der Waals surface area contributed by atoms with Crippen LogP contribution >= 0.6 is 0 Å². The number of hydrogen-bond acceptors (Lipinski definition) is 5. The van der Waals surface area contributed by atoms with Gasteiger partial charge in [-0.15, -0.1) is 15.0 Å². The summed E-state index contributed by atoms with van der Waals surface area (Å²) in [6.07, 6.45) is -4.43. The number of nitrogens with one attached hydrogen (secondary N) is 1. The van der Waals surface area contributed by atoms with Crippen molar-refractivity contribution in [3.05, 3.63) is 59.5 Å². The molecular weight excluding hydrogens is 337 g/mol. The van der Waals surface area contributed by atoms with Crippen molar-refractivity contribution in [2.45, 2.75) is 13.1 Å². The Morgan fingerprint density at radius 2 is 1.84 bits per heavy atom. The number of anilines is 1. The molecule has 7 nitrogen and oxygen atoms in total. The summed E-state index contributed by atoms with van der Waals surface area (Å²) >= 11 is 0. The first-order valence-electron chi connectivity index (χ1n) is 7.05. The van der Waals surface area contributed by atoms with E-state index >= 15 is 0 Å². The monoisotopic (exact) mass is 348 g/mol. The minimum atomic E-state index is -4.43. The molecule has 0 bridgehead atoms. The zero-order valence-electron chi connectivity index (χ0n) is 12.8. The van der Waals surface area contributed by atoms with E-state index in [-0.39, 0.29) is 11.5 Å². The molecule has 0 radical (unpaired) electrons. The Bertz CT molecular complexity index is 904. The minimum absolute atomic E-state index is 0.233. The van der Waals surface area contributed by atoms with Gasteiger partial charge in [-0.05, 0) is 48.5 Å². The van der Waals surface area contributed by atoms with Gasteiger partial charge in [0.15, 0.2) is 0 Å². The number of carbonyl (C=O) groups is 1. The molecule has 25 heavy (non-hydrogen) atoms. The van der Waals surface area contributed by atoms with Crippen molar-refractivity contribution >= 4 is 11.7 Å². The van der Waals surface area contributed by atoms with Gasteiger partial charge in [0.2, 0.25) is 0 Å². The average molecular weight is 348 g/mol. The summed E-state index contributed by atoms with van der Waals surface area (Å²) in [5, 5.41) is 13.7. The van der Waals surface area contributed by atoms with Crippen molar-refractivity contribution < 1.29 is 18.0 Å². The lowest BCUT2D eigenvalue weighted by atomic mass is 10.2. The fourth-order valence-corrected chi connectivity index (χ4v) is 1.98. The summed E-state index contributed by atoms with van der Waals surface area (Å²) in [6.45, 7) is 1.77. The molecule has 0 atom stereocenters. The number of rotatable bonds is 3. The van der Waals surface area contributed by atoms with Gasteiger partial charge < -0.3 is 5.32 Å². The number of benzene rings is 1. The van der Waals surface area contributed by atoms with Crippen LogP contribution in [-0.4, -0.2) is 31.1 Å². The molecule has 1 aromatic carbocycles. The van der Waals surface area contributed by atoms with Gasteiger partial charge in [0.05, 0.1) is 11.3 Å². The number of alkyl halides is 3. The Hall–Kier alpha value is -3.30. The maximum Gasteiger partial charge on any atom is 0.416 e. The highest BCUT2D eigenvalue weighted by Crippen LogP contribution is 2.29. The van der Waals surface area contributed by atoms with Crippen LogP contribution in [0.4, 0.5) is 19.0 Å². The first-order chi connectivity index (χ1) is 11.8. The van der Waals surface area contributed by atoms with Crippen molar-refractivity contribution in [1.29, 1.82) is 0 Å². The van der Waals surface area contributed by atoms with Crippen molar-refractivity contribution in [3.63, 3.8) is 0 Å². The van der Waals surface area contributed by atoms with E-state index in [9.17, 15) is 18.0 Å². The zero-order chi connectivity index (χ0) is 18.0. The highest BCUT2D eigenvalue weighted by Gasteiger charge is 2.30. The number of pyridine rings is 1. The quantitative estimate of drug-likeness (QED) is 0.786. The summed E-state index contributed by atoms with van der Waals surface area (Å²) in [4.78, 5) is 17.2. The third-order valence-corrected chi connectivity index (χ3v) is 3.17. The Morgan fingerprint density at radius 1 is 1.12 bits per heavy atom. The Kier molecular flexibility index (Phi) is 4.17. The van der Waals surface area contributed by atoms with Gasteiger partial charge in [-0.2, -0.15) is 13.2 Å². The van der Waals surface area contributed by atoms with Gasteiger partial charge in [-0.25, -0.2) is 4.98 Å². The minimum Gasteiger partial charge on any atom is -0.304 e. The van der Waals surface area contributed by atoms with E-state index in [2.05, 4.69) is 25.7 Å². The van der Waals surface area contributed by atoms with Crippen molar-refractivity contribution in [1.82, 2.24) is 25.2 Å². The number of tetrazole rings is 1. The molecule has 2 aromatic heterocycles. The van der Waals surface area contributed by atoms with Crippen LogP contribution in [0.25, 0.3) is 5.69 Å². The Balaban J connectivity index is 1.76. The third-order valence-electron chi connectivity index (χ3n) is 3.17. The fourth-order valence-electron chi connectivity index (χ4n) is 1.98. The highest BCUT2D eigenvalue weighted by atomic mass is 19.4. The average Bonchev–Trinajstić information content (AvgIpc) is 3.04. The van der Waals surface area contributed by atoms with Gasteiger partial charge in [0.1, 0.15) is 5.82 Å². The van der Waals surface area contributed by atoms with Gasteiger partial charge >= 0.3 is 6.18 Å². The number of nitrogens with zero attached hydrogens (tertiary/aromatic N) is 5. The molecule has 0 fully saturated rings. The first kappa shape index (κ1) is 16.6. The van der Waals surface area contributed by atoms with Crippen LogP contribution in [0.5, 0.6) is 0 Å². The second-order valence-electron chi connectivity index (χ2n) is 5.07. The second kappa shape index (κ2) is 6.30. The van der Waals surface area contributed by atoms with Gasteiger partial charge in [0.25, 0.3) is 11.7 Å². The lowest BCUT2D eigenvalue weighted by molar-refractivity contribution is -0.137.